The number of aromatic hydroxyl groups is 1. The normalized spacial score (nSPS) is 18.5. The Balaban J connectivity index is 1.76. The van der Waals surface area contributed by atoms with E-state index in [-0.39, 0.29) is 18.0 Å². The van der Waals surface area contributed by atoms with Crippen molar-refractivity contribution in [3.05, 3.63) is 91.9 Å². The number of benzene rings is 3. The highest BCUT2D eigenvalue weighted by atomic mass is 79.9. The maximum atomic E-state index is 10.6. The lowest BCUT2D eigenvalue weighted by Gasteiger charge is -2.31. The number of aryl methyl sites for hydroxylation is 1. The molecule has 0 radical (unpaired) electrons. The highest BCUT2D eigenvalue weighted by Crippen LogP contribution is 2.37. The van der Waals surface area contributed by atoms with Gasteiger partial charge in [0.15, 0.2) is 0 Å². The van der Waals surface area contributed by atoms with Gasteiger partial charge < -0.3 is 9.84 Å². The summed E-state index contributed by atoms with van der Waals surface area (Å²) in [6.45, 7) is 2.15. The molecule has 6 heteroatoms. The minimum atomic E-state index is -0.250. The lowest BCUT2D eigenvalue weighted by Crippen LogP contribution is -2.33. The van der Waals surface area contributed by atoms with Crippen LogP contribution in [0.15, 0.2) is 74.6 Å². The molecule has 3 aromatic carbocycles. The maximum absolute atomic E-state index is 10.6. The second kappa shape index (κ2) is 9.55. The molecule has 160 valence electrons. The van der Waals surface area contributed by atoms with E-state index in [0.29, 0.717) is 6.42 Å². The molecule has 0 fully saturated rings. The van der Waals surface area contributed by atoms with Crippen LogP contribution in [0.1, 0.15) is 47.8 Å². The Labute approximate surface area is 199 Å². The molecule has 2 unspecified atom stereocenters. The molecule has 0 saturated heterocycles. The number of ether oxygens (including phenoxy) is 1. The molecule has 3 aromatic rings. The quantitative estimate of drug-likeness (QED) is 0.376. The van der Waals surface area contributed by atoms with Crippen molar-refractivity contribution >= 4 is 37.6 Å². The molecule has 1 aliphatic rings. The molecule has 0 aliphatic carbocycles. The summed E-state index contributed by atoms with van der Waals surface area (Å²) >= 11 is 7.12. The van der Waals surface area contributed by atoms with Crippen molar-refractivity contribution in [3.63, 3.8) is 0 Å². The number of methoxy groups -OCH3 is 1. The molecule has 4 rings (SSSR count). The number of rotatable bonds is 5. The highest BCUT2D eigenvalue weighted by Gasteiger charge is 2.28. The van der Waals surface area contributed by atoms with Crippen LogP contribution in [0.2, 0.25) is 0 Å². The Kier molecular flexibility index (Phi) is 6.80. The largest absolute Gasteiger partial charge is 0.508 e. The van der Waals surface area contributed by atoms with Crippen molar-refractivity contribution in [2.45, 2.75) is 32.0 Å². The third kappa shape index (κ3) is 4.86. The minimum absolute atomic E-state index is 0.0817. The first-order valence-corrected chi connectivity index (χ1v) is 11.8. The van der Waals surface area contributed by atoms with Crippen LogP contribution in [0.3, 0.4) is 0 Å². The Morgan fingerprint density at radius 3 is 2.52 bits per heavy atom. The Morgan fingerprint density at radius 2 is 1.84 bits per heavy atom. The number of hydrogen-bond acceptors (Lipinski definition) is 4. The molecule has 31 heavy (non-hydrogen) atoms. The van der Waals surface area contributed by atoms with Crippen LogP contribution in [0.25, 0.3) is 0 Å². The number of aliphatic imine (C=N–C) groups is 1. The van der Waals surface area contributed by atoms with Gasteiger partial charge in [-0.05, 0) is 69.4 Å². The molecule has 1 aliphatic heterocycles. The first-order valence-electron chi connectivity index (χ1n) is 10.2. The van der Waals surface area contributed by atoms with Crippen molar-refractivity contribution in [1.29, 1.82) is 0 Å². The summed E-state index contributed by atoms with van der Waals surface area (Å²) < 4.78 is 7.19. The Morgan fingerprint density at radius 1 is 1.06 bits per heavy atom. The van der Waals surface area contributed by atoms with Gasteiger partial charge in [-0.25, -0.2) is 0 Å². The summed E-state index contributed by atoms with van der Waals surface area (Å²) in [5.74, 6) is 1.05. The summed E-state index contributed by atoms with van der Waals surface area (Å²) in [5, 5.41) is 14.2. The van der Waals surface area contributed by atoms with E-state index in [0.717, 1.165) is 43.5 Å². The molecular weight excluding hydrogens is 520 g/mol. The molecule has 1 heterocycles. The van der Waals surface area contributed by atoms with E-state index < -0.39 is 0 Å². The smallest absolute Gasteiger partial charge is 0.133 e. The van der Waals surface area contributed by atoms with Gasteiger partial charge in [0.2, 0.25) is 0 Å². The summed E-state index contributed by atoms with van der Waals surface area (Å²) in [6, 6.07) is 20.0. The van der Waals surface area contributed by atoms with Gasteiger partial charge >= 0.3 is 0 Å². The van der Waals surface area contributed by atoms with E-state index >= 15 is 0 Å². The van der Waals surface area contributed by atoms with E-state index in [9.17, 15) is 5.11 Å². The molecule has 0 aromatic heterocycles. The van der Waals surface area contributed by atoms with Crippen molar-refractivity contribution < 1.29 is 9.84 Å². The van der Waals surface area contributed by atoms with Crippen LogP contribution < -0.4 is 10.1 Å². The molecule has 0 bridgehead atoms. The summed E-state index contributed by atoms with van der Waals surface area (Å²) in [4.78, 5) is 5.05. The minimum Gasteiger partial charge on any atom is -0.508 e. The summed E-state index contributed by atoms with van der Waals surface area (Å²) in [7, 11) is 1.65. The van der Waals surface area contributed by atoms with Gasteiger partial charge in [-0.15, -0.1) is 0 Å². The third-order valence-corrected chi connectivity index (χ3v) is 6.71. The Hall–Kier alpha value is -2.15. The van der Waals surface area contributed by atoms with Crippen molar-refractivity contribution in [1.82, 2.24) is 5.32 Å². The lowest BCUT2D eigenvalue weighted by atomic mass is 9.93. The van der Waals surface area contributed by atoms with Gasteiger partial charge in [0.25, 0.3) is 0 Å². The fourth-order valence-corrected chi connectivity index (χ4v) is 4.78. The topological polar surface area (TPSA) is 53.8 Å². The number of phenolic OH excluding ortho intramolecular Hbond substituents is 1. The SMILES string of the molecule is CCc1ccc(C2=NC(c3ccc(OC)c(Br)c3)NC(c3cc(Br)ccc3O)C2)cc1. The number of phenols is 1. The highest BCUT2D eigenvalue weighted by molar-refractivity contribution is 9.10. The van der Waals surface area contributed by atoms with Gasteiger partial charge in [-0.2, -0.15) is 0 Å². The van der Waals surface area contributed by atoms with Crippen molar-refractivity contribution in [2.24, 2.45) is 4.99 Å². The fraction of sp³-hybridized carbons (Fsp3) is 0.240. The van der Waals surface area contributed by atoms with E-state index in [1.807, 2.05) is 30.3 Å². The zero-order valence-corrected chi connectivity index (χ0v) is 20.6. The predicted molar refractivity (Wildman–Crippen MR) is 132 cm³/mol. The number of nitrogens with zero attached hydrogens (tertiary/aromatic N) is 1. The van der Waals surface area contributed by atoms with Crippen LogP contribution in [-0.2, 0) is 6.42 Å². The average molecular weight is 544 g/mol. The van der Waals surface area contributed by atoms with Crippen LogP contribution in [0, 0.1) is 0 Å². The molecule has 2 N–H and O–H groups in total. The molecule has 0 spiro atoms. The average Bonchev–Trinajstić information content (AvgIpc) is 2.80. The van der Waals surface area contributed by atoms with Gasteiger partial charge in [-0.3, -0.25) is 10.3 Å². The summed E-state index contributed by atoms with van der Waals surface area (Å²) in [5.41, 5.74) is 5.30. The first-order chi connectivity index (χ1) is 15.0. The molecule has 2 atom stereocenters. The monoisotopic (exact) mass is 542 g/mol. The zero-order valence-electron chi connectivity index (χ0n) is 17.4. The van der Waals surface area contributed by atoms with E-state index in [2.05, 4.69) is 68.4 Å². The zero-order chi connectivity index (χ0) is 22.0. The Bertz CT molecular complexity index is 1110. The predicted octanol–water partition coefficient (Wildman–Crippen LogP) is 6.71. The fourth-order valence-electron chi connectivity index (χ4n) is 3.84. The third-order valence-electron chi connectivity index (χ3n) is 5.59. The van der Waals surface area contributed by atoms with E-state index in [1.54, 1.807) is 13.2 Å². The second-order valence-corrected chi connectivity index (χ2v) is 9.32. The molecule has 0 amide bonds. The molecule has 4 nitrogen and oxygen atoms in total. The van der Waals surface area contributed by atoms with Crippen LogP contribution in [0.5, 0.6) is 11.5 Å². The van der Waals surface area contributed by atoms with Gasteiger partial charge in [-0.1, -0.05) is 53.2 Å². The molecular formula is C25H24Br2N2O2. The standard InChI is InChI=1S/C25H24Br2N2O2/c1-3-15-4-6-16(7-5-15)21-14-22(19-13-18(26)9-10-23(19)30)29-25(28-21)17-8-11-24(31-2)20(27)12-17/h4-13,22,25,29-30H,3,14H2,1-2H3. The van der Waals surface area contributed by atoms with Crippen molar-refractivity contribution in [2.75, 3.05) is 7.11 Å². The lowest BCUT2D eigenvalue weighted by molar-refractivity contribution is 0.406. The number of nitrogens with one attached hydrogen (secondary N) is 1. The number of hydrogen-bond donors (Lipinski definition) is 2. The van der Waals surface area contributed by atoms with Gasteiger partial charge in [0.1, 0.15) is 17.7 Å². The van der Waals surface area contributed by atoms with Crippen molar-refractivity contribution in [3.8, 4) is 11.5 Å². The van der Waals surface area contributed by atoms with E-state index in [4.69, 9.17) is 9.73 Å². The second-order valence-electron chi connectivity index (χ2n) is 7.55. The van der Waals surface area contributed by atoms with Crippen LogP contribution in [-0.4, -0.2) is 17.9 Å². The molecule has 0 saturated carbocycles. The maximum Gasteiger partial charge on any atom is 0.133 e. The van der Waals surface area contributed by atoms with Crippen LogP contribution in [0.4, 0.5) is 0 Å². The van der Waals surface area contributed by atoms with Gasteiger partial charge in [0, 0.05) is 28.2 Å². The summed E-state index contributed by atoms with van der Waals surface area (Å²) in [6.07, 6.45) is 1.44. The van der Waals surface area contributed by atoms with Crippen LogP contribution >= 0.6 is 31.9 Å². The van der Waals surface area contributed by atoms with E-state index in [1.165, 1.54) is 5.56 Å². The van der Waals surface area contributed by atoms with Gasteiger partial charge in [0.05, 0.1) is 11.6 Å². The first kappa shape index (κ1) is 22.1. The number of halogens is 2.